The van der Waals surface area contributed by atoms with Crippen LogP contribution in [0.5, 0.6) is 5.75 Å². The molecule has 2 atom stereocenters. The SMILES string of the molecule is COc1ccc(COC(=O)C2=C(CSc3ccncc3)CS[C@@H]3[C@H](NC(=O)/C(=N/OC(C)(C)C(=O)OC(c4ccccc4)c4ccccc4)c4csc(NC(=O)OC(C)(C)C)n4)C(=O)N23)cc1. The van der Waals surface area contributed by atoms with Gasteiger partial charge in [0.2, 0.25) is 5.60 Å². The zero-order valence-corrected chi connectivity index (χ0v) is 39.9. The number of thioether (sulfide) groups is 2. The molecule has 4 heterocycles. The lowest BCUT2D eigenvalue weighted by Gasteiger charge is -2.49. The highest BCUT2D eigenvalue weighted by Gasteiger charge is 2.55. The van der Waals surface area contributed by atoms with Crippen molar-refractivity contribution >= 4 is 75.6 Å². The molecule has 1 fully saturated rings. The van der Waals surface area contributed by atoms with Gasteiger partial charge in [-0.2, -0.15) is 0 Å². The Balaban J connectivity index is 1.13. The fourth-order valence-corrected chi connectivity index (χ4v) is 9.65. The smallest absolute Gasteiger partial charge is 0.413 e. The molecule has 3 aromatic carbocycles. The summed E-state index contributed by atoms with van der Waals surface area (Å²) in [6.45, 7) is 7.95. The molecule has 67 heavy (non-hydrogen) atoms. The van der Waals surface area contributed by atoms with Gasteiger partial charge >= 0.3 is 18.0 Å². The Morgan fingerprint density at radius 2 is 1.57 bits per heavy atom. The number of aromatic nitrogens is 2. The lowest BCUT2D eigenvalue weighted by atomic mass is 10.0. The number of pyridine rings is 1. The third-order valence-corrected chi connectivity index (χ3v) is 13.2. The minimum atomic E-state index is -1.76. The summed E-state index contributed by atoms with van der Waals surface area (Å²) < 4.78 is 22.5. The number of anilines is 1. The normalized spacial score (nSPS) is 16.1. The Morgan fingerprint density at radius 3 is 2.19 bits per heavy atom. The molecule has 0 spiro atoms. The topological polar surface area (TPSA) is 197 Å². The van der Waals surface area contributed by atoms with E-state index in [2.05, 4.69) is 25.8 Å². The second-order valence-corrected chi connectivity index (χ2v) is 19.5. The Kier molecular flexibility index (Phi) is 15.3. The number of hydrogen-bond acceptors (Lipinski definition) is 16. The van der Waals surface area contributed by atoms with E-state index in [-0.39, 0.29) is 23.1 Å². The van der Waals surface area contributed by atoms with Gasteiger partial charge in [0.05, 0.1) is 7.11 Å². The minimum Gasteiger partial charge on any atom is -0.497 e. The summed E-state index contributed by atoms with van der Waals surface area (Å²) >= 11 is 3.84. The quantitative estimate of drug-likeness (QED) is 0.0228. The number of thiazole rings is 1. The second-order valence-electron chi connectivity index (χ2n) is 16.5. The number of β-lactam (4-membered cyclic amide) rings is 1. The summed E-state index contributed by atoms with van der Waals surface area (Å²) in [6, 6.07) is 28.1. The molecule has 7 rings (SSSR count). The lowest BCUT2D eigenvalue weighted by Crippen LogP contribution is -2.71. The van der Waals surface area contributed by atoms with Crippen molar-refractivity contribution in [3.8, 4) is 5.75 Å². The Hall–Kier alpha value is -6.70. The van der Waals surface area contributed by atoms with Gasteiger partial charge in [-0.05, 0) is 81.1 Å². The lowest BCUT2D eigenvalue weighted by molar-refractivity contribution is -0.172. The second kappa shape index (κ2) is 21.3. The number of ether oxygens (including phenoxy) is 4. The maximum Gasteiger partial charge on any atom is 0.413 e. The highest BCUT2D eigenvalue weighted by molar-refractivity contribution is 8.01. The first-order chi connectivity index (χ1) is 32.1. The number of benzene rings is 3. The van der Waals surface area contributed by atoms with Gasteiger partial charge in [0, 0.05) is 34.2 Å². The molecule has 16 nitrogen and oxygen atoms in total. The van der Waals surface area contributed by atoms with Gasteiger partial charge in [-0.25, -0.2) is 19.4 Å². The number of rotatable bonds is 17. The summed E-state index contributed by atoms with van der Waals surface area (Å²) in [5.74, 6) is -1.54. The van der Waals surface area contributed by atoms with Gasteiger partial charge in [-0.15, -0.1) is 34.9 Å². The van der Waals surface area contributed by atoms with Crippen LogP contribution in [0.2, 0.25) is 0 Å². The summed E-state index contributed by atoms with van der Waals surface area (Å²) in [5.41, 5.74) is -0.0715. The fraction of sp³-hybridized carbons (Fsp3) is 0.292. The van der Waals surface area contributed by atoms with Crippen molar-refractivity contribution < 1.29 is 47.8 Å². The third-order valence-electron chi connectivity index (χ3n) is 9.97. The molecule has 0 radical (unpaired) electrons. The first kappa shape index (κ1) is 48.2. The molecule has 19 heteroatoms. The molecule has 2 aliphatic rings. The molecule has 0 aliphatic carbocycles. The molecule has 0 saturated carbocycles. The summed E-state index contributed by atoms with van der Waals surface area (Å²) in [4.78, 5) is 85.7. The molecule has 1 saturated heterocycles. The molecule has 5 aromatic rings. The zero-order valence-electron chi connectivity index (χ0n) is 37.4. The van der Waals surface area contributed by atoms with E-state index >= 15 is 0 Å². The van der Waals surface area contributed by atoms with Crippen LogP contribution in [0.15, 0.2) is 136 Å². The van der Waals surface area contributed by atoms with Gasteiger partial charge in [0.1, 0.15) is 40.8 Å². The molecule has 3 amide bonds. The highest BCUT2D eigenvalue weighted by Crippen LogP contribution is 2.42. The highest BCUT2D eigenvalue weighted by atomic mass is 32.2. The van der Waals surface area contributed by atoms with E-state index in [0.29, 0.717) is 28.4 Å². The molecule has 348 valence electrons. The number of oxime groups is 1. The van der Waals surface area contributed by atoms with E-state index in [4.69, 9.17) is 23.8 Å². The van der Waals surface area contributed by atoms with Crippen molar-refractivity contribution in [2.45, 2.75) is 74.8 Å². The number of methoxy groups -OCH3 is 1. The van der Waals surface area contributed by atoms with E-state index in [9.17, 15) is 24.0 Å². The van der Waals surface area contributed by atoms with Gasteiger partial charge in [-0.3, -0.25) is 24.8 Å². The summed E-state index contributed by atoms with van der Waals surface area (Å²) in [6.07, 6.45) is 1.77. The van der Waals surface area contributed by atoms with Crippen LogP contribution in [0.25, 0.3) is 0 Å². The molecule has 0 bridgehead atoms. The predicted molar refractivity (Wildman–Crippen MR) is 254 cm³/mol. The number of hydrogen-bond donors (Lipinski definition) is 2. The van der Waals surface area contributed by atoms with Crippen molar-refractivity contribution in [1.82, 2.24) is 20.2 Å². The van der Waals surface area contributed by atoms with Crippen LogP contribution in [-0.2, 0) is 44.8 Å². The van der Waals surface area contributed by atoms with Crippen molar-refractivity contribution in [2.24, 2.45) is 5.16 Å². The summed E-state index contributed by atoms with van der Waals surface area (Å²) in [5, 5.41) is 10.3. The van der Waals surface area contributed by atoms with Crippen LogP contribution in [0.3, 0.4) is 0 Å². The number of amides is 3. The maximum absolute atomic E-state index is 14.4. The first-order valence-corrected chi connectivity index (χ1v) is 23.8. The van der Waals surface area contributed by atoms with E-state index < -0.39 is 64.3 Å². The van der Waals surface area contributed by atoms with E-state index in [0.717, 1.165) is 27.4 Å². The number of carbonyl (C=O) groups excluding carboxylic acids is 5. The number of nitrogens with one attached hydrogen (secondary N) is 2. The minimum absolute atomic E-state index is 0.0396. The van der Waals surface area contributed by atoms with E-state index in [1.165, 1.54) is 47.7 Å². The molecule has 0 unspecified atom stereocenters. The van der Waals surface area contributed by atoms with Gasteiger partial charge in [-0.1, -0.05) is 78.0 Å². The van der Waals surface area contributed by atoms with Crippen LogP contribution >= 0.6 is 34.9 Å². The van der Waals surface area contributed by atoms with Crippen molar-refractivity contribution in [3.05, 3.63) is 148 Å². The molecular weight excluding hydrogens is 917 g/mol. The van der Waals surface area contributed by atoms with Crippen LogP contribution in [0.4, 0.5) is 9.93 Å². The van der Waals surface area contributed by atoms with Crippen LogP contribution in [-0.4, -0.2) is 91.7 Å². The number of nitrogens with zero attached hydrogens (tertiary/aromatic N) is 4. The van der Waals surface area contributed by atoms with Crippen molar-refractivity contribution in [1.29, 1.82) is 0 Å². The monoisotopic (exact) mass is 964 g/mol. The van der Waals surface area contributed by atoms with Crippen LogP contribution in [0, 0.1) is 0 Å². The predicted octanol–water partition coefficient (Wildman–Crippen LogP) is 7.92. The largest absolute Gasteiger partial charge is 0.497 e. The molecule has 2 N–H and O–H groups in total. The Labute approximate surface area is 399 Å². The van der Waals surface area contributed by atoms with Crippen LogP contribution < -0.4 is 15.4 Å². The molecular formula is C48H48N6O10S3. The molecule has 2 aliphatic heterocycles. The standard InChI is InChI=1S/C48H48N6O10S3/c1-47(2,3)63-46(59)52-45-50-35(28-67-45)36(53-64-48(4,5)44(58)62-39(30-13-9-7-10-14-30)31-15-11-8-12-16-31)40(55)51-37-41(56)54-38(43(57)61-25-29-17-19-33(60-6)20-18-29)32(27-66-42(37)54)26-65-34-21-23-49-24-22-34/h7-24,28,37,39,42H,25-27H2,1-6H3,(H,51,55)(H,50,52,59)/b53-36+/t37-,42-/m1/s1. The number of esters is 2. The number of carbonyl (C=O) groups is 5. The maximum atomic E-state index is 14.4. The first-order valence-electron chi connectivity index (χ1n) is 20.9. The van der Waals surface area contributed by atoms with Crippen LogP contribution in [0.1, 0.15) is 63.1 Å². The Morgan fingerprint density at radius 1 is 0.910 bits per heavy atom. The number of fused-ring (bicyclic) bond motifs is 1. The third kappa shape index (κ3) is 12.2. The van der Waals surface area contributed by atoms with E-state index in [1.807, 2.05) is 72.8 Å². The van der Waals surface area contributed by atoms with Gasteiger partial charge in [0.25, 0.3) is 11.8 Å². The Bertz CT molecular complexity index is 2600. The van der Waals surface area contributed by atoms with Crippen molar-refractivity contribution in [3.63, 3.8) is 0 Å². The summed E-state index contributed by atoms with van der Waals surface area (Å²) in [7, 11) is 1.56. The van der Waals surface area contributed by atoms with Crippen molar-refractivity contribution in [2.75, 3.05) is 23.9 Å². The van der Waals surface area contributed by atoms with Gasteiger partial charge < -0.3 is 29.1 Å². The molecule has 2 aromatic heterocycles. The average Bonchev–Trinajstić information content (AvgIpc) is 3.78. The zero-order chi connectivity index (χ0) is 47.7. The fourth-order valence-electron chi connectivity index (χ4n) is 6.60. The van der Waals surface area contributed by atoms with E-state index in [1.54, 1.807) is 64.5 Å². The average molecular weight is 965 g/mol. The van der Waals surface area contributed by atoms with Gasteiger partial charge in [0.15, 0.2) is 16.9 Å².